The predicted octanol–water partition coefficient (Wildman–Crippen LogP) is 2.43. The van der Waals surface area contributed by atoms with Gasteiger partial charge in [0.25, 0.3) is 0 Å². The van der Waals surface area contributed by atoms with E-state index in [0.717, 1.165) is 16.8 Å². The number of hydrogen-bond acceptors (Lipinski definition) is 3. The molecule has 2 aromatic carbocycles. The van der Waals surface area contributed by atoms with Crippen molar-refractivity contribution < 1.29 is 0 Å². The summed E-state index contributed by atoms with van der Waals surface area (Å²) in [5, 5.41) is 11.0. The Morgan fingerprint density at radius 1 is 1.09 bits per heavy atom. The Morgan fingerprint density at radius 2 is 1.73 bits per heavy atom. The number of hydrogen-bond donors (Lipinski definition) is 1. The van der Waals surface area contributed by atoms with E-state index >= 15 is 0 Å². The van der Waals surface area contributed by atoms with Crippen molar-refractivity contribution in [2.45, 2.75) is 13.3 Å². The van der Waals surface area contributed by atoms with Crippen molar-refractivity contribution in [1.82, 2.24) is 14.9 Å². The molecule has 22 heavy (non-hydrogen) atoms. The lowest BCUT2D eigenvalue weighted by Gasteiger charge is -2.03. The molecule has 0 unspecified atom stereocenters. The van der Waals surface area contributed by atoms with Crippen molar-refractivity contribution in [3.05, 3.63) is 88.1 Å². The second kappa shape index (κ2) is 6.22. The van der Waals surface area contributed by atoms with Gasteiger partial charge in [-0.15, -0.1) is 0 Å². The Kier molecular flexibility index (Phi) is 3.96. The fourth-order valence-corrected chi connectivity index (χ4v) is 2.21. The molecule has 0 bridgehead atoms. The number of nitrogens with zero attached hydrogens (tertiary/aromatic N) is 3. The summed E-state index contributed by atoms with van der Waals surface area (Å²) >= 11 is 0. The largest absolute Gasteiger partial charge is 0.364 e. The van der Waals surface area contributed by atoms with E-state index in [-0.39, 0.29) is 5.69 Å². The molecular formula is C17H16N4O. The molecule has 0 aliphatic heterocycles. The minimum Gasteiger partial charge on any atom is -0.244 e. The SMILES string of the molecule is C/C(=N\n1c(Cc2ccccc2)n[nH]c1=O)c1ccccc1. The summed E-state index contributed by atoms with van der Waals surface area (Å²) in [6.45, 7) is 1.88. The standard InChI is InChI=1S/C17H16N4O/c1-13(15-10-6-3-7-11-15)20-21-16(18-19-17(21)22)12-14-8-4-2-5-9-14/h2-11H,12H2,1H3,(H,19,22)/b20-13+. The van der Waals surface area contributed by atoms with Gasteiger partial charge in [0.2, 0.25) is 0 Å². The lowest BCUT2D eigenvalue weighted by Crippen LogP contribution is -2.17. The van der Waals surface area contributed by atoms with Crippen molar-refractivity contribution in [2.24, 2.45) is 5.10 Å². The maximum atomic E-state index is 11.9. The van der Waals surface area contributed by atoms with Gasteiger partial charge in [-0.25, -0.2) is 9.89 Å². The molecule has 1 aromatic heterocycles. The van der Waals surface area contributed by atoms with Crippen molar-refractivity contribution in [3.63, 3.8) is 0 Å². The highest BCUT2D eigenvalue weighted by Crippen LogP contribution is 2.07. The van der Waals surface area contributed by atoms with Gasteiger partial charge in [0, 0.05) is 6.42 Å². The van der Waals surface area contributed by atoms with Crippen LogP contribution in [0.25, 0.3) is 0 Å². The Balaban J connectivity index is 1.95. The summed E-state index contributed by atoms with van der Waals surface area (Å²) in [6, 6.07) is 19.6. The van der Waals surface area contributed by atoms with Crippen LogP contribution < -0.4 is 5.69 Å². The van der Waals surface area contributed by atoms with Gasteiger partial charge in [-0.3, -0.25) is 0 Å². The molecule has 5 heteroatoms. The molecule has 1 heterocycles. The maximum Gasteiger partial charge on any atom is 0.364 e. The number of aromatic nitrogens is 3. The van der Waals surface area contributed by atoms with Crippen molar-refractivity contribution in [3.8, 4) is 0 Å². The molecule has 1 N–H and O–H groups in total. The van der Waals surface area contributed by atoms with Crippen molar-refractivity contribution >= 4 is 5.71 Å². The quantitative estimate of drug-likeness (QED) is 0.751. The molecule has 0 saturated heterocycles. The monoisotopic (exact) mass is 292 g/mol. The number of nitrogens with one attached hydrogen (secondary N) is 1. The van der Waals surface area contributed by atoms with Crippen LogP contribution >= 0.6 is 0 Å². The highest BCUT2D eigenvalue weighted by atomic mass is 16.2. The summed E-state index contributed by atoms with van der Waals surface area (Å²) in [7, 11) is 0. The van der Waals surface area contributed by atoms with Crippen LogP contribution in [0.15, 0.2) is 70.6 Å². The lowest BCUT2D eigenvalue weighted by atomic mass is 10.1. The average molecular weight is 292 g/mol. The van der Waals surface area contributed by atoms with E-state index < -0.39 is 0 Å². The van der Waals surface area contributed by atoms with Gasteiger partial charge in [-0.1, -0.05) is 60.7 Å². The fourth-order valence-electron chi connectivity index (χ4n) is 2.21. The Hall–Kier alpha value is -2.95. The van der Waals surface area contributed by atoms with E-state index in [1.54, 1.807) is 0 Å². The molecule has 110 valence electrons. The van der Waals surface area contributed by atoms with Crippen LogP contribution in [0, 0.1) is 0 Å². The predicted molar refractivity (Wildman–Crippen MR) is 86.1 cm³/mol. The molecular weight excluding hydrogens is 276 g/mol. The number of H-pyrrole nitrogens is 1. The minimum absolute atomic E-state index is 0.332. The molecule has 0 amide bonds. The Morgan fingerprint density at radius 3 is 2.41 bits per heavy atom. The Labute approximate surface area is 127 Å². The second-order valence-electron chi connectivity index (χ2n) is 4.97. The van der Waals surface area contributed by atoms with Gasteiger partial charge in [0.05, 0.1) is 5.71 Å². The second-order valence-corrected chi connectivity index (χ2v) is 4.97. The molecule has 0 aliphatic rings. The normalized spacial score (nSPS) is 11.6. The van der Waals surface area contributed by atoms with Crippen LogP contribution in [0.2, 0.25) is 0 Å². The summed E-state index contributed by atoms with van der Waals surface area (Å²) in [4.78, 5) is 11.9. The first kappa shape index (κ1) is 14.0. The Bertz CT molecular complexity index is 832. The van der Waals surface area contributed by atoms with Crippen LogP contribution in [0.3, 0.4) is 0 Å². The third-order valence-electron chi connectivity index (χ3n) is 3.36. The van der Waals surface area contributed by atoms with Gasteiger partial charge in [-0.05, 0) is 18.1 Å². The molecule has 3 aromatic rings. The zero-order valence-corrected chi connectivity index (χ0v) is 12.2. The number of benzene rings is 2. The third-order valence-corrected chi connectivity index (χ3v) is 3.36. The van der Waals surface area contributed by atoms with Crippen LogP contribution in [0.4, 0.5) is 0 Å². The van der Waals surface area contributed by atoms with Gasteiger partial charge < -0.3 is 0 Å². The molecule has 3 rings (SSSR count). The maximum absolute atomic E-state index is 11.9. The molecule has 0 atom stereocenters. The average Bonchev–Trinajstić information content (AvgIpc) is 2.90. The van der Waals surface area contributed by atoms with Crippen molar-refractivity contribution in [2.75, 3.05) is 0 Å². The zero-order chi connectivity index (χ0) is 15.4. The van der Waals surface area contributed by atoms with Gasteiger partial charge >= 0.3 is 5.69 Å². The molecule has 0 fully saturated rings. The fraction of sp³-hybridized carbons (Fsp3) is 0.118. The lowest BCUT2D eigenvalue weighted by molar-refractivity contribution is 0.771. The summed E-state index contributed by atoms with van der Waals surface area (Å²) < 4.78 is 1.33. The van der Waals surface area contributed by atoms with E-state index in [4.69, 9.17) is 0 Å². The topological polar surface area (TPSA) is 63.0 Å². The first-order chi connectivity index (χ1) is 10.7. The van der Waals surface area contributed by atoms with E-state index in [2.05, 4.69) is 15.3 Å². The van der Waals surface area contributed by atoms with Gasteiger partial charge in [-0.2, -0.15) is 14.9 Å². The summed E-state index contributed by atoms with van der Waals surface area (Å²) in [5.74, 6) is 0.589. The van der Waals surface area contributed by atoms with Crippen LogP contribution in [0.5, 0.6) is 0 Å². The summed E-state index contributed by atoms with van der Waals surface area (Å²) in [6.07, 6.45) is 0.547. The smallest absolute Gasteiger partial charge is 0.244 e. The molecule has 0 saturated carbocycles. The van der Waals surface area contributed by atoms with E-state index in [9.17, 15) is 4.79 Å². The van der Waals surface area contributed by atoms with Gasteiger partial charge in [0.1, 0.15) is 0 Å². The van der Waals surface area contributed by atoms with Crippen LogP contribution in [0.1, 0.15) is 23.9 Å². The highest BCUT2D eigenvalue weighted by Gasteiger charge is 2.09. The van der Waals surface area contributed by atoms with E-state index in [1.807, 2.05) is 67.6 Å². The first-order valence-electron chi connectivity index (χ1n) is 7.05. The molecule has 0 radical (unpaired) electrons. The minimum atomic E-state index is -0.332. The van der Waals surface area contributed by atoms with Gasteiger partial charge in [0.15, 0.2) is 5.82 Å². The number of aromatic amines is 1. The molecule has 0 spiro atoms. The first-order valence-corrected chi connectivity index (χ1v) is 7.05. The molecule has 0 aliphatic carbocycles. The van der Waals surface area contributed by atoms with Crippen LogP contribution in [-0.2, 0) is 6.42 Å². The van der Waals surface area contributed by atoms with E-state index in [0.29, 0.717) is 12.2 Å². The number of rotatable bonds is 4. The highest BCUT2D eigenvalue weighted by molar-refractivity contribution is 5.98. The van der Waals surface area contributed by atoms with Crippen molar-refractivity contribution in [1.29, 1.82) is 0 Å². The molecule has 5 nitrogen and oxygen atoms in total. The van der Waals surface area contributed by atoms with Crippen LogP contribution in [-0.4, -0.2) is 20.6 Å². The summed E-state index contributed by atoms with van der Waals surface area (Å²) in [5.41, 5.74) is 2.48. The third kappa shape index (κ3) is 3.03. The van der Waals surface area contributed by atoms with E-state index in [1.165, 1.54) is 4.68 Å². The zero-order valence-electron chi connectivity index (χ0n) is 12.2.